The number of ether oxygens (including phenoxy) is 1. The summed E-state index contributed by atoms with van der Waals surface area (Å²) in [7, 11) is 1.52. The van der Waals surface area contributed by atoms with Gasteiger partial charge in [0.2, 0.25) is 11.8 Å². The van der Waals surface area contributed by atoms with Crippen LogP contribution in [0, 0.1) is 12.3 Å². The molecule has 2 aromatic rings. The van der Waals surface area contributed by atoms with Gasteiger partial charge >= 0.3 is 0 Å². The molecule has 0 aliphatic carbocycles. The molecule has 8 heteroatoms. The Balaban J connectivity index is 1.71. The third-order valence-electron chi connectivity index (χ3n) is 5.73. The minimum Gasteiger partial charge on any atom is -0.495 e. The highest BCUT2D eigenvalue weighted by molar-refractivity contribution is 6.07. The van der Waals surface area contributed by atoms with Gasteiger partial charge in [0, 0.05) is 25.7 Å². The smallest absolute Gasteiger partial charge is 0.268 e. The van der Waals surface area contributed by atoms with Gasteiger partial charge in [0.05, 0.1) is 18.2 Å². The normalized spacial score (nSPS) is 21.0. The Labute approximate surface area is 167 Å². The van der Waals surface area contributed by atoms with Crippen LogP contribution in [0.3, 0.4) is 0 Å². The lowest BCUT2D eigenvalue weighted by molar-refractivity contribution is -0.128. The van der Waals surface area contributed by atoms with E-state index in [0.29, 0.717) is 30.0 Å². The number of pyridine rings is 1. The lowest BCUT2D eigenvalue weighted by atomic mass is 9.85. The highest BCUT2D eigenvalue weighted by atomic mass is 16.5. The number of aryl methyl sites for hydroxylation is 1. The van der Waals surface area contributed by atoms with E-state index in [2.05, 4.69) is 5.32 Å². The molecule has 8 nitrogen and oxygen atoms in total. The van der Waals surface area contributed by atoms with Crippen molar-refractivity contribution in [3.63, 3.8) is 0 Å². The highest BCUT2D eigenvalue weighted by Crippen LogP contribution is 2.38. The van der Waals surface area contributed by atoms with Gasteiger partial charge in [-0.15, -0.1) is 0 Å². The van der Waals surface area contributed by atoms with Crippen molar-refractivity contribution in [2.24, 2.45) is 5.41 Å². The number of carbonyl (C=O) groups excluding carboxylic acids is 3. The number of imide groups is 1. The second-order valence-corrected chi connectivity index (χ2v) is 7.53. The minimum absolute atomic E-state index is 0.0557. The fourth-order valence-corrected chi connectivity index (χ4v) is 4.13. The van der Waals surface area contributed by atoms with Crippen LogP contribution in [0.1, 0.15) is 28.8 Å². The van der Waals surface area contributed by atoms with Gasteiger partial charge in [-0.2, -0.15) is 0 Å². The van der Waals surface area contributed by atoms with E-state index in [4.69, 9.17) is 4.74 Å². The summed E-state index contributed by atoms with van der Waals surface area (Å²) < 4.78 is 6.72. The molecule has 2 aliphatic heterocycles. The molecule has 0 bridgehead atoms. The van der Waals surface area contributed by atoms with E-state index in [1.54, 1.807) is 43.5 Å². The molecule has 2 aliphatic rings. The Bertz CT molecular complexity index is 1090. The van der Waals surface area contributed by atoms with Crippen molar-refractivity contribution in [3.8, 4) is 11.4 Å². The first-order valence-corrected chi connectivity index (χ1v) is 9.35. The van der Waals surface area contributed by atoms with Gasteiger partial charge in [-0.25, -0.2) is 0 Å². The van der Waals surface area contributed by atoms with E-state index in [0.717, 1.165) is 0 Å². The predicted molar refractivity (Wildman–Crippen MR) is 104 cm³/mol. The monoisotopic (exact) mass is 395 g/mol. The number of benzene rings is 1. The number of amides is 3. The van der Waals surface area contributed by atoms with E-state index in [1.807, 2.05) is 0 Å². The summed E-state index contributed by atoms with van der Waals surface area (Å²) >= 11 is 0. The molecule has 1 atom stereocenters. The summed E-state index contributed by atoms with van der Waals surface area (Å²) in [4.78, 5) is 51.8. The number of hydrogen-bond acceptors (Lipinski definition) is 5. The minimum atomic E-state index is -0.878. The quantitative estimate of drug-likeness (QED) is 0.783. The Morgan fingerprint density at radius 2 is 1.93 bits per heavy atom. The summed E-state index contributed by atoms with van der Waals surface area (Å²) in [6, 6.07) is 8.77. The van der Waals surface area contributed by atoms with E-state index in [9.17, 15) is 19.2 Å². The average Bonchev–Trinajstić information content (AvgIpc) is 3.25. The molecule has 29 heavy (non-hydrogen) atoms. The fourth-order valence-electron chi connectivity index (χ4n) is 4.13. The van der Waals surface area contributed by atoms with Gasteiger partial charge in [0.25, 0.3) is 11.5 Å². The van der Waals surface area contributed by atoms with Crippen LogP contribution >= 0.6 is 0 Å². The molecule has 3 heterocycles. The molecule has 2 saturated heterocycles. The maximum absolute atomic E-state index is 13.2. The average molecular weight is 395 g/mol. The van der Waals surface area contributed by atoms with Crippen molar-refractivity contribution < 1.29 is 19.1 Å². The molecule has 4 rings (SSSR count). The number of carbonyl (C=O) groups is 3. The first-order chi connectivity index (χ1) is 13.9. The van der Waals surface area contributed by atoms with E-state index >= 15 is 0 Å². The maximum atomic E-state index is 13.2. The van der Waals surface area contributed by atoms with Crippen molar-refractivity contribution >= 4 is 17.7 Å². The van der Waals surface area contributed by atoms with Gasteiger partial charge in [-0.05, 0) is 37.1 Å². The molecule has 3 amide bonds. The van der Waals surface area contributed by atoms with Crippen LogP contribution in [0.5, 0.6) is 5.75 Å². The molecule has 150 valence electrons. The Kier molecular flexibility index (Phi) is 4.49. The first kappa shape index (κ1) is 18.9. The largest absolute Gasteiger partial charge is 0.495 e. The topological polar surface area (TPSA) is 97.7 Å². The predicted octanol–water partition coefficient (Wildman–Crippen LogP) is 1.03. The zero-order chi connectivity index (χ0) is 20.8. The maximum Gasteiger partial charge on any atom is 0.268 e. The van der Waals surface area contributed by atoms with Gasteiger partial charge in [0.15, 0.2) is 0 Å². The third-order valence-corrected chi connectivity index (χ3v) is 5.73. The van der Waals surface area contributed by atoms with Crippen LogP contribution in [-0.2, 0) is 9.59 Å². The number of likely N-dealkylation sites (tertiary alicyclic amines) is 1. The molecular weight excluding hydrogens is 374 g/mol. The molecule has 0 radical (unpaired) electrons. The van der Waals surface area contributed by atoms with Crippen molar-refractivity contribution in [1.82, 2.24) is 14.8 Å². The van der Waals surface area contributed by atoms with E-state index < -0.39 is 16.9 Å². The number of aromatic nitrogens is 1. The van der Waals surface area contributed by atoms with E-state index in [-0.39, 0.29) is 30.3 Å². The summed E-state index contributed by atoms with van der Waals surface area (Å²) in [5.41, 5.74) is -0.184. The van der Waals surface area contributed by atoms with Crippen molar-refractivity contribution in [2.45, 2.75) is 19.8 Å². The van der Waals surface area contributed by atoms with Gasteiger partial charge in [-0.1, -0.05) is 12.1 Å². The molecule has 1 aromatic carbocycles. The number of nitrogens with one attached hydrogen (secondary N) is 1. The molecule has 1 N–H and O–H groups in total. The standard InChI is InChI=1S/C21H21N3O5/c1-13-7-9-24(14-5-3-4-6-15(14)29-2)19(27)17(13)18(26)23-10-8-21(12-23)11-16(25)22-20(21)28/h3-7,9H,8,10-12H2,1-2H3,(H,22,25,28). The third kappa shape index (κ3) is 3.00. The number of methoxy groups -OCH3 is 1. The van der Waals surface area contributed by atoms with Gasteiger partial charge in [0.1, 0.15) is 11.3 Å². The molecule has 1 spiro atoms. The van der Waals surface area contributed by atoms with Crippen molar-refractivity contribution in [3.05, 3.63) is 58.0 Å². The zero-order valence-corrected chi connectivity index (χ0v) is 16.2. The van der Waals surface area contributed by atoms with Crippen LogP contribution in [-0.4, -0.2) is 47.4 Å². The molecule has 0 saturated carbocycles. The second-order valence-electron chi connectivity index (χ2n) is 7.53. The lowest BCUT2D eigenvalue weighted by Gasteiger charge is -2.21. The van der Waals surface area contributed by atoms with Crippen molar-refractivity contribution in [1.29, 1.82) is 0 Å². The SMILES string of the molecule is COc1ccccc1-n1ccc(C)c(C(=O)N2CCC3(CC(=O)NC3=O)C2)c1=O. The van der Waals surface area contributed by atoms with E-state index in [1.165, 1.54) is 16.6 Å². The first-order valence-electron chi connectivity index (χ1n) is 9.35. The van der Waals surface area contributed by atoms with Gasteiger partial charge < -0.3 is 9.64 Å². The number of nitrogens with zero attached hydrogens (tertiary/aromatic N) is 2. The van der Waals surface area contributed by atoms with Crippen LogP contribution in [0.4, 0.5) is 0 Å². The highest BCUT2D eigenvalue weighted by Gasteiger charge is 2.52. The molecule has 1 aromatic heterocycles. The van der Waals surface area contributed by atoms with Crippen LogP contribution < -0.4 is 15.6 Å². The summed E-state index contributed by atoms with van der Waals surface area (Å²) in [5, 5.41) is 2.32. The Morgan fingerprint density at radius 1 is 1.17 bits per heavy atom. The lowest BCUT2D eigenvalue weighted by Crippen LogP contribution is -2.39. The van der Waals surface area contributed by atoms with Gasteiger partial charge in [-0.3, -0.25) is 29.1 Å². The zero-order valence-electron chi connectivity index (χ0n) is 16.2. The molecular formula is C21H21N3O5. The molecule has 2 fully saturated rings. The van der Waals surface area contributed by atoms with Crippen molar-refractivity contribution in [2.75, 3.05) is 20.2 Å². The summed E-state index contributed by atoms with van der Waals surface area (Å²) in [5.74, 6) is -0.577. The second kappa shape index (κ2) is 6.88. The fraction of sp³-hybridized carbons (Fsp3) is 0.333. The number of para-hydroxylation sites is 2. The van der Waals surface area contributed by atoms with Crippen LogP contribution in [0.15, 0.2) is 41.3 Å². The summed E-state index contributed by atoms with van der Waals surface area (Å²) in [6.45, 7) is 2.16. The van der Waals surface area contributed by atoms with Crippen LogP contribution in [0.25, 0.3) is 5.69 Å². The number of rotatable bonds is 3. The van der Waals surface area contributed by atoms with Crippen LogP contribution in [0.2, 0.25) is 0 Å². The summed E-state index contributed by atoms with van der Waals surface area (Å²) in [6.07, 6.45) is 2.10. The number of hydrogen-bond donors (Lipinski definition) is 1. The Morgan fingerprint density at radius 3 is 2.62 bits per heavy atom. The molecule has 1 unspecified atom stereocenters. The Hall–Kier alpha value is -3.42.